The molecular weight excluding hydrogens is 222 g/mol. The fourth-order valence-electron chi connectivity index (χ4n) is 2.82. The second-order valence-electron chi connectivity index (χ2n) is 5.82. The Hall–Kier alpha value is -0.860. The zero-order valence-corrected chi connectivity index (χ0v) is 11.0. The lowest BCUT2D eigenvalue weighted by Gasteiger charge is -2.30. The summed E-state index contributed by atoms with van der Waals surface area (Å²) in [6.07, 6.45) is 7.80. The lowest BCUT2D eigenvalue weighted by Crippen LogP contribution is -2.41. The average molecular weight is 245 g/mol. The quantitative estimate of drug-likeness (QED) is 0.830. The van der Waals surface area contributed by atoms with Crippen LogP contribution < -0.4 is 5.32 Å². The molecule has 0 aliphatic heterocycles. The van der Waals surface area contributed by atoms with Crippen molar-refractivity contribution in [2.75, 3.05) is 6.54 Å². The van der Waals surface area contributed by atoms with E-state index in [1.54, 1.807) is 0 Å². The lowest BCUT2D eigenvalue weighted by atomic mass is 10.0. The van der Waals surface area contributed by atoms with Gasteiger partial charge in [0.2, 0.25) is 0 Å². The van der Waals surface area contributed by atoms with Gasteiger partial charge >= 0.3 is 0 Å². The molecule has 1 aromatic rings. The molecule has 2 aliphatic rings. The molecule has 2 heteroatoms. The maximum absolute atomic E-state index is 6.29. The Morgan fingerprint density at radius 1 is 1.11 bits per heavy atom. The molecule has 2 aliphatic carbocycles. The van der Waals surface area contributed by atoms with Crippen LogP contribution in [0.3, 0.4) is 0 Å². The highest BCUT2D eigenvalue weighted by Gasteiger charge is 2.36. The molecule has 98 valence electrons. The molecule has 0 heterocycles. The summed E-state index contributed by atoms with van der Waals surface area (Å²) in [5, 5.41) is 3.65. The van der Waals surface area contributed by atoms with Gasteiger partial charge in [0, 0.05) is 12.6 Å². The van der Waals surface area contributed by atoms with E-state index in [0.717, 1.165) is 19.2 Å². The van der Waals surface area contributed by atoms with Crippen LogP contribution in [0.5, 0.6) is 0 Å². The van der Waals surface area contributed by atoms with E-state index in [4.69, 9.17) is 4.74 Å². The van der Waals surface area contributed by atoms with Crippen LogP contribution in [0, 0.1) is 0 Å². The van der Waals surface area contributed by atoms with Crippen LogP contribution in [0.4, 0.5) is 0 Å². The fourth-order valence-corrected chi connectivity index (χ4v) is 2.82. The minimum Gasteiger partial charge on any atom is -0.369 e. The monoisotopic (exact) mass is 245 g/mol. The van der Waals surface area contributed by atoms with Crippen molar-refractivity contribution in [3.05, 3.63) is 35.9 Å². The highest BCUT2D eigenvalue weighted by Crippen LogP contribution is 2.34. The summed E-state index contributed by atoms with van der Waals surface area (Å²) in [5.74, 6) is 0. The third-order valence-corrected chi connectivity index (χ3v) is 4.19. The van der Waals surface area contributed by atoms with Gasteiger partial charge in [0.1, 0.15) is 0 Å². The van der Waals surface area contributed by atoms with Crippen LogP contribution in [0.25, 0.3) is 0 Å². The van der Waals surface area contributed by atoms with Crippen molar-refractivity contribution in [3.8, 4) is 0 Å². The molecule has 0 saturated heterocycles. The summed E-state index contributed by atoms with van der Waals surface area (Å²) in [5.41, 5.74) is 1.40. The standard InChI is InChI=1S/C16H23NO/c1-2-6-14(7-3-1)12-18-16(10-4-5-11-16)13-17-15-8-9-15/h1-3,6-7,15,17H,4-5,8-13H2. The van der Waals surface area contributed by atoms with E-state index in [-0.39, 0.29) is 5.60 Å². The SMILES string of the molecule is c1ccc(COC2(CNC3CC3)CCCC2)cc1. The van der Waals surface area contributed by atoms with Crippen molar-refractivity contribution in [3.63, 3.8) is 0 Å². The smallest absolute Gasteiger partial charge is 0.0810 e. The molecule has 0 unspecified atom stereocenters. The van der Waals surface area contributed by atoms with Crippen molar-refractivity contribution in [1.82, 2.24) is 5.32 Å². The van der Waals surface area contributed by atoms with Crippen LogP contribution in [-0.2, 0) is 11.3 Å². The summed E-state index contributed by atoms with van der Waals surface area (Å²) in [4.78, 5) is 0. The first-order valence-electron chi connectivity index (χ1n) is 7.28. The fraction of sp³-hybridized carbons (Fsp3) is 0.625. The van der Waals surface area contributed by atoms with Gasteiger partial charge in [-0.1, -0.05) is 43.2 Å². The van der Waals surface area contributed by atoms with E-state index in [1.165, 1.54) is 44.1 Å². The molecule has 2 nitrogen and oxygen atoms in total. The number of rotatable bonds is 6. The molecular formula is C16H23NO. The molecule has 3 rings (SSSR count). The molecule has 2 saturated carbocycles. The zero-order valence-electron chi connectivity index (χ0n) is 11.0. The third-order valence-electron chi connectivity index (χ3n) is 4.19. The summed E-state index contributed by atoms with van der Waals surface area (Å²) in [6, 6.07) is 11.3. The van der Waals surface area contributed by atoms with Crippen LogP contribution in [0.2, 0.25) is 0 Å². The zero-order chi connectivity index (χ0) is 12.3. The Bertz CT molecular complexity index is 366. The molecule has 1 aromatic carbocycles. The molecule has 0 aromatic heterocycles. The van der Waals surface area contributed by atoms with Gasteiger partial charge in [-0.05, 0) is 31.2 Å². The number of ether oxygens (including phenoxy) is 1. The molecule has 0 bridgehead atoms. The first-order valence-corrected chi connectivity index (χ1v) is 7.28. The van der Waals surface area contributed by atoms with E-state index >= 15 is 0 Å². The summed E-state index contributed by atoms with van der Waals surface area (Å²) >= 11 is 0. The number of hydrogen-bond donors (Lipinski definition) is 1. The van der Waals surface area contributed by atoms with E-state index in [0.29, 0.717) is 0 Å². The highest BCUT2D eigenvalue weighted by molar-refractivity contribution is 5.13. The van der Waals surface area contributed by atoms with Gasteiger partial charge in [0.15, 0.2) is 0 Å². The maximum atomic E-state index is 6.29. The van der Waals surface area contributed by atoms with Gasteiger partial charge in [-0.15, -0.1) is 0 Å². The molecule has 2 fully saturated rings. The number of benzene rings is 1. The molecule has 1 N–H and O–H groups in total. The van der Waals surface area contributed by atoms with Crippen molar-refractivity contribution in [1.29, 1.82) is 0 Å². The largest absolute Gasteiger partial charge is 0.369 e. The number of nitrogens with one attached hydrogen (secondary N) is 1. The summed E-state index contributed by atoms with van der Waals surface area (Å²) in [7, 11) is 0. The van der Waals surface area contributed by atoms with Crippen molar-refractivity contribution in [2.24, 2.45) is 0 Å². The van der Waals surface area contributed by atoms with E-state index < -0.39 is 0 Å². The predicted molar refractivity (Wildman–Crippen MR) is 73.5 cm³/mol. The molecule has 0 amide bonds. The minimum absolute atomic E-state index is 0.110. The van der Waals surface area contributed by atoms with Crippen molar-refractivity contribution >= 4 is 0 Å². The van der Waals surface area contributed by atoms with Gasteiger partial charge in [-0.2, -0.15) is 0 Å². The van der Waals surface area contributed by atoms with Crippen LogP contribution in [0.1, 0.15) is 44.1 Å². The first-order chi connectivity index (χ1) is 8.86. The molecule has 18 heavy (non-hydrogen) atoms. The Morgan fingerprint density at radius 2 is 1.83 bits per heavy atom. The van der Waals surface area contributed by atoms with Gasteiger partial charge < -0.3 is 10.1 Å². The predicted octanol–water partition coefficient (Wildman–Crippen LogP) is 3.27. The molecule has 0 radical (unpaired) electrons. The van der Waals surface area contributed by atoms with Crippen molar-refractivity contribution < 1.29 is 4.74 Å². The van der Waals surface area contributed by atoms with Gasteiger partial charge in [-0.25, -0.2) is 0 Å². The van der Waals surface area contributed by atoms with E-state index in [1.807, 2.05) is 0 Å². The van der Waals surface area contributed by atoms with Crippen molar-refractivity contribution in [2.45, 2.75) is 56.8 Å². The van der Waals surface area contributed by atoms with Gasteiger partial charge in [-0.3, -0.25) is 0 Å². The third kappa shape index (κ3) is 3.12. The Kier molecular flexibility index (Phi) is 3.67. The lowest BCUT2D eigenvalue weighted by molar-refractivity contribution is -0.0506. The highest BCUT2D eigenvalue weighted by atomic mass is 16.5. The maximum Gasteiger partial charge on any atom is 0.0810 e. The molecule has 0 spiro atoms. The van der Waals surface area contributed by atoms with Gasteiger partial charge in [0.25, 0.3) is 0 Å². The van der Waals surface area contributed by atoms with Crippen LogP contribution in [0.15, 0.2) is 30.3 Å². The minimum atomic E-state index is 0.110. The Labute approximate surface area is 110 Å². The Balaban J connectivity index is 1.55. The summed E-state index contributed by atoms with van der Waals surface area (Å²) < 4.78 is 6.29. The van der Waals surface area contributed by atoms with Crippen LogP contribution >= 0.6 is 0 Å². The second-order valence-corrected chi connectivity index (χ2v) is 5.82. The Morgan fingerprint density at radius 3 is 2.50 bits per heavy atom. The normalized spacial score (nSPS) is 22.2. The van der Waals surface area contributed by atoms with E-state index in [2.05, 4.69) is 35.6 Å². The second kappa shape index (κ2) is 5.41. The number of hydrogen-bond acceptors (Lipinski definition) is 2. The van der Waals surface area contributed by atoms with Crippen LogP contribution in [-0.4, -0.2) is 18.2 Å². The summed E-state index contributed by atoms with van der Waals surface area (Å²) in [6.45, 7) is 1.80. The van der Waals surface area contributed by atoms with Gasteiger partial charge in [0.05, 0.1) is 12.2 Å². The van der Waals surface area contributed by atoms with E-state index in [9.17, 15) is 0 Å². The molecule has 0 atom stereocenters. The first kappa shape index (κ1) is 12.2. The topological polar surface area (TPSA) is 21.3 Å². The average Bonchev–Trinajstić information content (AvgIpc) is 3.14.